The first-order valence-electron chi connectivity index (χ1n) is 10.9. The van der Waals surface area contributed by atoms with Crippen molar-refractivity contribution in [3.63, 3.8) is 0 Å². The number of amides is 1. The highest BCUT2D eigenvalue weighted by atomic mass is 16.4. The molecule has 0 saturated carbocycles. The van der Waals surface area contributed by atoms with Gasteiger partial charge in [-0.05, 0) is 42.7 Å². The van der Waals surface area contributed by atoms with Crippen LogP contribution in [0, 0.1) is 13.8 Å². The minimum atomic E-state index is -1.08. The van der Waals surface area contributed by atoms with Crippen molar-refractivity contribution in [1.29, 1.82) is 0 Å². The smallest absolute Gasteiger partial charge is 0.336 e. The maximum absolute atomic E-state index is 13.1. The quantitative estimate of drug-likeness (QED) is 0.648. The summed E-state index contributed by atoms with van der Waals surface area (Å²) in [7, 11) is 0. The summed E-state index contributed by atoms with van der Waals surface area (Å²) in [5.41, 5.74) is 5.30. The summed E-state index contributed by atoms with van der Waals surface area (Å²) in [5.74, 6) is -1.29. The van der Waals surface area contributed by atoms with Gasteiger partial charge in [0.05, 0.1) is 17.2 Å². The highest BCUT2D eigenvalue weighted by Gasteiger charge is 2.30. The zero-order chi connectivity index (χ0) is 22.7. The van der Waals surface area contributed by atoms with Gasteiger partial charge in [0, 0.05) is 26.2 Å². The first-order valence-corrected chi connectivity index (χ1v) is 10.9. The van der Waals surface area contributed by atoms with E-state index in [2.05, 4.69) is 61.2 Å². The minimum Gasteiger partial charge on any atom is -0.478 e. The molecule has 1 heterocycles. The lowest BCUT2D eigenvalue weighted by Gasteiger charge is -2.40. The third-order valence-corrected chi connectivity index (χ3v) is 6.20. The molecule has 0 spiro atoms. The highest BCUT2D eigenvalue weighted by molar-refractivity contribution is 6.04. The van der Waals surface area contributed by atoms with E-state index in [1.807, 2.05) is 6.07 Å². The summed E-state index contributed by atoms with van der Waals surface area (Å²) in [6, 6.07) is 23.6. The lowest BCUT2D eigenvalue weighted by Crippen LogP contribution is -2.50. The van der Waals surface area contributed by atoms with E-state index >= 15 is 0 Å². The molecule has 0 bridgehead atoms. The first kappa shape index (κ1) is 21.8. The predicted octanol–water partition coefficient (Wildman–Crippen LogP) is 4.55. The Morgan fingerprint density at radius 1 is 0.812 bits per heavy atom. The molecule has 164 valence electrons. The minimum absolute atomic E-state index is 0.0532. The summed E-state index contributed by atoms with van der Waals surface area (Å²) in [4.78, 5) is 28.8. The average Bonchev–Trinajstić information content (AvgIpc) is 2.82. The first-order chi connectivity index (χ1) is 15.5. The van der Waals surface area contributed by atoms with Crippen molar-refractivity contribution >= 4 is 11.9 Å². The Labute approximate surface area is 188 Å². The standard InChI is InChI=1S/C27H28N2O3/c1-19-12-13-20(2)24(18-19)25(21-8-4-3-5-9-21)28-14-16-29(17-15-28)26(30)22-10-6-7-11-23(22)27(31)32/h3-13,18,25H,14-17H2,1-2H3,(H,31,32)/t25-/m0/s1. The number of hydrogen-bond donors (Lipinski definition) is 1. The maximum Gasteiger partial charge on any atom is 0.336 e. The molecule has 0 radical (unpaired) electrons. The molecule has 3 aromatic carbocycles. The van der Waals surface area contributed by atoms with Crippen LogP contribution in [0.4, 0.5) is 0 Å². The predicted molar refractivity (Wildman–Crippen MR) is 125 cm³/mol. The highest BCUT2D eigenvalue weighted by Crippen LogP contribution is 2.32. The number of aryl methyl sites for hydroxylation is 2. The summed E-state index contributed by atoms with van der Waals surface area (Å²) in [6.07, 6.45) is 0. The number of carbonyl (C=O) groups is 2. The lowest BCUT2D eigenvalue weighted by atomic mass is 9.92. The van der Waals surface area contributed by atoms with E-state index in [1.165, 1.54) is 28.3 Å². The van der Waals surface area contributed by atoms with Crippen molar-refractivity contribution in [2.24, 2.45) is 0 Å². The van der Waals surface area contributed by atoms with Crippen molar-refractivity contribution in [2.75, 3.05) is 26.2 Å². The van der Waals surface area contributed by atoms with Crippen molar-refractivity contribution in [1.82, 2.24) is 9.80 Å². The number of carboxylic acids is 1. The summed E-state index contributed by atoms with van der Waals surface area (Å²) in [5, 5.41) is 9.45. The Balaban J connectivity index is 1.58. The Kier molecular flexibility index (Phi) is 6.37. The van der Waals surface area contributed by atoms with E-state index in [4.69, 9.17) is 0 Å². The fraction of sp³-hybridized carbons (Fsp3) is 0.259. The molecule has 32 heavy (non-hydrogen) atoms. The second-order valence-electron chi connectivity index (χ2n) is 8.35. The third kappa shape index (κ3) is 4.43. The molecule has 0 aromatic heterocycles. The number of carboxylic acid groups (broad SMARTS) is 1. The van der Waals surface area contributed by atoms with Gasteiger partial charge in [-0.15, -0.1) is 0 Å². The molecule has 1 atom stereocenters. The number of aromatic carboxylic acids is 1. The second-order valence-corrected chi connectivity index (χ2v) is 8.35. The Morgan fingerprint density at radius 3 is 2.09 bits per heavy atom. The molecule has 0 unspecified atom stereocenters. The van der Waals surface area contributed by atoms with Crippen LogP contribution in [0.2, 0.25) is 0 Å². The maximum atomic E-state index is 13.1. The largest absolute Gasteiger partial charge is 0.478 e. The van der Waals surface area contributed by atoms with Crippen LogP contribution in [0.25, 0.3) is 0 Å². The lowest BCUT2D eigenvalue weighted by molar-refractivity contribution is 0.0582. The fourth-order valence-corrected chi connectivity index (χ4v) is 4.49. The molecule has 1 aliphatic heterocycles. The molecule has 5 nitrogen and oxygen atoms in total. The van der Waals surface area contributed by atoms with E-state index in [-0.39, 0.29) is 23.1 Å². The zero-order valence-corrected chi connectivity index (χ0v) is 18.5. The van der Waals surface area contributed by atoms with Gasteiger partial charge in [0.1, 0.15) is 0 Å². The van der Waals surface area contributed by atoms with E-state index in [0.29, 0.717) is 26.2 Å². The molecule has 3 aromatic rings. The Bertz CT molecular complexity index is 1120. The van der Waals surface area contributed by atoms with E-state index in [1.54, 1.807) is 23.1 Å². The van der Waals surface area contributed by atoms with Crippen LogP contribution in [-0.4, -0.2) is 53.0 Å². The Hall–Kier alpha value is -3.44. The average molecular weight is 429 g/mol. The van der Waals surface area contributed by atoms with Gasteiger partial charge in [-0.2, -0.15) is 0 Å². The van der Waals surface area contributed by atoms with Crippen LogP contribution in [0.1, 0.15) is 49.0 Å². The van der Waals surface area contributed by atoms with E-state index in [0.717, 1.165) is 0 Å². The molecule has 1 N–H and O–H groups in total. The van der Waals surface area contributed by atoms with Gasteiger partial charge in [0.2, 0.25) is 0 Å². The third-order valence-electron chi connectivity index (χ3n) is 6.20. The molecule has 1 fully saturated rings. The fourth-order valence-electron chi connectivity index (χ4n) is 4.49. The molecule has 5 heteroatoms. The van der Waals surface area contributed by atoms with Gasteiger partial charge in [-0.3, -0.25) is 9.69 Å². The molecular weight excluding hydrogens is 400 g/mol. The molecule has 1 saturated heterocycles. The van der Waals surface area contributed by atoms with Gasteiger partial charge >= 0.3 is 5.97 Å². The van der Waals surface area contributed by atoms with Crippen LogP contribution in [0.15, 0.2) is 72.8 Å². The second kappa shape index (κ2) is 9.37. The zero-order valence-electron chi connectivity index (χ0n) is 18.5. The number of benzene rings is 3. The molecule has 1 aliphatic rings. The van der Waals surface area contributed by atoms with Gasteiger partial charge in [-0.25, -0.2) is 4.79 Å². The summed E-state index contributed by atoms with van der Waals surface area (Å²) < 4.78 is 0. The number of piperazine rings is 1. The van der Waals surface area contributed by atoms with Crippen LogP contribution in [-0.2, 0) is 0 Å². The van der Waals surface area contributed by atoms with E-state index < -0.39 is 5.97 Å². The van der Waals surface area contributed by atoms with Gasteiger partial charge in [0.25, 0.3) is 5.91 Å². The summed E-state index contributed by atoms with van der Waals surface area (Å²) >= 11 is 0. The number of hydrogen-bond acceptors (Lipinski definition) is 3. The number of rotatable bonds is 5. The van der Waals surface area contributed by atoms with Crippen molar-refractivity contribution in [3.05, 3.63) is 106 Å². The van der Waals surface area contributed by atoms with Crippen LogP contribution >= 0.6 is 0 Å². The molecule has 0 aliphatic carbocycles. The topological polar surface area (TPSA) is 60.9 Å². The van der Waals surface area contributed by atoms with Crippen LogP contribution in [0.5, 0.6) is 0 Å². The van der Waals surface area contributed by atoms with Gasteiger partial charge < -0.3 is 10.0 Å². The van der Waals surface area contributed by atoms with Crippen LogP contribution in [0.3, 0.4) is 0 Å². The number of nitrogens with zero attached hydrogens (tertiary/aromatic N) is 2. The molecular formula is C27H28N2O3. The number of carbonyl (C=O) groups excluding carboxylic acids is 1. The van der Waals surface area contributed by atoms with Crippen molar-refractivity contribution in [3.8, 4) is 0 Å². The monoisotopic (exact) mass is 428 g/mol. The van der Waals surface area contributed by atoms with Crippen molar-refractivity contribution in [2.45, 2.75) is 19.9 Å². The molecule has 1 amide bonds. The summed E-state index contributed by atoms with van der Waals surface area (Å²) in [6.45, 7) is 6.80. The SMILES string of the molecule is Cc1ccc(C)c([C@H](c2ccccc2)N2CCN(C(=O)c3ccccc3C(=O)O)CC2)c1. The normalized spacial score (nSPS) is 15.4. The van der Waals surface area contributed by atoms with E-state index in [9.17, 15) is 14.7 Å². The van der Waals surface area contributed by atoms with Crippen LogP contribution < -0.4 is 0 Å². The molecule has 4 rings (SSSR count). The van der Waals surface area contributed by atoms with Gasteiger partial charge in [0.15, 0.2) is 0 Å². The van der Waals surface area contributed by atoms with Gasteiger partial charge in [-0.1, -0.05) is 66.2 Å². The Morgan fingerprint density at radius 2 is 1.44 bits per heavy atom. The van der Waals surface area contributed by atoms with Crippen molar-refractivity contribution < 1.29 is 14.7 Å².